The Labute approximate surface area is 161 Å². The van der Waals surface area contributed by atoms with E-state index in [4.69, 9.17) is 4.74 Å². The maximum absolute atomic E-state index is 13.5. The predicted octanol–water partition coefficient (Wildman–Crippen LogP) is 2.19. The molecule has 0 unspecified atom stereocenters. The van der Waals surface area contributed by atoms with Crippen molar-refractivity contribution in [3.63, 3.8) is 0 Å². The Morgan fingerprint density at radius 1 is 1.29 bits per heavy atom. The molecule has 1 fully saturated rings. The lowest BCUT2D eigenvalue weighted by Crippen LogP contribution is -2.34. The van der Waals surface area contributed by atoms with E-state index in [1.54, 1.807) is 0 Å². The first kappa shape index (κ1) is 18.5. The van der Waals surface area contributed by atoms with E-state index in [1.165, 1.54) is 24.5 Å². The molecule has 3 aromatic rings. The van der Waals surface area contributed by atoms with Crippen molar-refractivity contribution in [2.24, 2.45) is 4.99 Å². The smallest absolute Gasteiger partial charge is 0.143 e. The van der Waals surface area contributed by atoms with Gasteiger partial charge in [0.1, 0.15) is 41.9 Å². The van der Waals surface area contributed by atoms with Crippen LogP contribution in [0.15, 0.2) is 41.8 Å². The van der Waals surface area contributed by atoms with Crippen LogP contribution < -0.4 is 4.74 Å². The highest BCUT2D eigenvalue weighted by Crippen LogP contribution is 2.36. The molecule has 0 bridgehead atoms. The van der Waals surface area contributed by atoms with Crippen molar-refractivity contribution in [3.05, 3.63) is 53.9 Å². The third-order valence-corrected chi connectivity index (χ3v) is 5.25. The first-order chi connectivity index (χ1) is 13.5. The molecule has 8 heteroatoms. The van der Waals surface area contributed by atoms with Crippen molar-refractivity contribution in [2.75, 3.05) is 0 Å². The zero-order chi connectivity index (χ0) is 19.8. The molecule has 0 amide bonds. The lowest BCUT2D eigenvalue weighted by Gasteiger charge is -2.20. The standard InChI is InChI=1S/C20H21FN4O3/c1-11-14-5-6-25(20(14)24-10-23-11)15-8-17(19(27)18(15)26)28-16-4-3-13(21)7-12(16)9-22-2/h3-7,10,15,17-19,26-27H,2,8-9H2,1H3/t15-,17+,18+,19-/m1/s1. The van der Waals surface area contributed by atoms with Gasteiger partial charge in [0.2, 0.25) is 0 Å². The van der Waals surface area contributed by atoms with Gasteiger partial charge in [-0.1, -0.05) is 0 Å². The summed E-state index contributed by atoms with van der Waals surface area (Å²) in [7, 11) is 0. The third-order valence-electron chi connectivity index (χ3n) is 5.25. The van der Waals surface area contributed by atoms with Crippen LogP contribution in [-0.4, -0.2) is 49.8 Å². The monoisotopic (exact) mass is 384 g/mol. The highest BCUT2D eigenvalue weighted by molar-refractivity contribution is 5.78. The molecule has 2 aromatic heterocycles. The zero-order valence-corrected chi connectivity index (χ0v) is 15.4. The maximum Gasteiger partial charge on any atom is 0.143 e. The van der Waals surface area contributed by atoms with E-state index in [0.717, 1.165) is 11.1 Å². The van der Waals surface area contributed by atoms with Crippen LogP contribution in [0.1, 0.15) is 23.7 Å². The van der Waals surface area contributed by atoms with Crippen LogP contribution in [0.5, 0.6) is 5.75 Å². The van der Waals surface area contributed by atoms with Gasteiger partial charge in [0.05, 0.1) is 18.3 Å². The van der Waals surface area contributed by atoms with Gasteiger partial charge in [-0.3, -0.25) is 4.99 Å². The first-order valence-electron chi connectivity index (χ1n) is 9.01. The Morgan fingerprint density at radius 3 is 2.89 bits per heavy atom. The average Bonchev–Trinajstić information content (AvgIpc) is 3.21. The molecule has 0 aliphatic heterocycles. The Hall–Kier alpha value is -2.84. The van der Waals surface area contributed by atoms with Gasteiger partial charge in [-0.05, 0) is 37.9 Å². The number of benzene rings is 1. The molecule has 28 heavy (non-hydrogen) atoms. The summed E-state index contributed by atoms with van der Waals surface area (Å²) < 4.78 is 21.3. The van der Waals surface area contributed by atoms with Crippen molar-refractivity contribution in [1.82, 2.24) is 14.5 Å². The van der Waals surface area contributed by atoms with Crippen LogP contribution in [0.2, 0.25) is 0 Å². The number of fused-ring (bicyclic) bond motifs is 1. The Bertz CT molecular complexity index is 1020. The predicted molar refractivity (Wildman–Crippen MR) is 102 cm³/mol. The highest BCUT2D eigenvalue weighted by atomic mass is 19.1. The molecular weight excluding hydrogens is 363 g/mol. The fraction of sp³-hybridized carbons (Fsp3) is 0.350. The van der Waals surface area contributed by atoms with Crippen molar-refractivity contribution >= 4 is 17.8 Å². The molecule has 0 spiro atoms. The van der Waals surface area contributed by atoms with Gasteiger partial charge < -0.3 is 19.5 Å². The summed E-state index contributed by atoms with van der Waals surface area (Å²) in [6.07, 6.45) is 0.896. The number of rotatable bonds is 5. The van der Waals surface area contributed by atoms with Crippen LogP contribution in [0, 0.1) is 12.7 Å². The number of aliphatic hydroxyl groups excluding tert-OH is 2. The first-order valence-corrected chi connectivity index (χ1v) is 9.01. The highest BCUT2D eigenvalue weighted by Gasteiger charge is 2.44. The van der Waals surface area contributed by atoms with Crippen LogP contribution in [0.3, 0.4) is 0 Å². The third kappa shape index (κ3) is 3.14. The fourth-order valence-electron chi connectivity index (χ4n) is 3.80. The summed E-state index contributed by atoms with van der Waals surface area (Å²) >= 11 is 0. The van der Waals surface area contributed by atoms with Crippen LogP contribution in [-0.2, 0) is 6.54 Å². The molecule has 7 nitrogen and oxygen atoms in total. The van der Waals surface area contributed by atoms with Crippen molar-refractivity contribution in [2.45, 2.75) is 44.2 Å². The number of ether oxygens (including phenoxy) is 1. The lowest BCUT2D eigenvalue weighted by molar-refractivity contribution is -0.0166. The average molecular weight is 384 g/mol. The molecule has 2 N–H and O–H groups in total. The van der Waals surface area contributed by atoms with Crippen LogP contribution in [0.4, 0.5) is 4.39 Å². The lowest BCUT2D eigenvalue weighted by atomic mass is 10.2. The molecule has 0 radical (unpaired) electrons. The number of halogens is 1. The summed E-state index contributed by atoms with van der Waals surface area (Å²) in [6, 6.07) is 5.61. The number of aliphatic hydroxyl groups is 2. The normalized spacial score (nSPS) is 24.6. The Kier molecular flexibility index (Phi) is 4.82. The number of aryl methyl sites for hydroxylation is 1. The van der Waals surface area contributed by atoms with Crippen LogP contribution in [0.25, 0.3) is 11.0 Å². The SMILES string of the molecule is C=NCc1cc(F)ccc1O[C@H]1C[C@@H](n2ccc3c(C)ncnc32)[C@H](O)[C@@H]1O. The van der Waals surface area contributed by atoms with Crippen molar-refractivity contribution in [3.8, 4) is 5.75 Å². The van der Waals surface area contributed by atoms with Gasteiger partial charge >= 0.3 is 0 Å². The van der Waals surface area contributed by atoms with Gasteiger partial charge in [-0.25, -0.2) is 14.4 Å². The zero-order valence-electron chi connectivity index (χ0n) is 15.4. The second-order valence-corrected chi connectivity index (χ2v) is 6.99. The van der Waals surface area contributed by atoms with E-state index in [1.807, 2.05) is 23.8 Å². The van der Waals surface area contributed by atoms with E-state index < -0.39 is 30.2 Å². The maximum atomic E-state index is 13.5. The number of aromatic nitrogens is 3. The minimum Gasteiger partial charge on any atom is -0.487 e. The Morgan fingerprint density at radius 2 is 2.11 bits per heavy atom. The number of aliphatic imine (C=N–C) groups is 1. The Balaban J connectivity index is 1.62. The molecular formula is C20H21FN4O3. The topological polar surface area (TPSA) is 92.8 Å². The van der Waals surface area contributed by atoms with Crippen molar-refractivity contribution < 1.29 is 19.3 Å². The van der Waals surface area contributed by atoms with E-state index in [2.05, 4.69) is 21.7 Å². The van der Waals surface area contributed by atoms with Gasteiger partial charge in [0, 0.05) is 23.6 Å². The second kappa shape index (κ2) is 7.29. The van der Waals surface area contributed by atoms with Gasteiger partial charge in [0.15, 0.2) is 0 Å². The molecule has 2 heterocycles. The van der Waals surface area contributed by atoms with Crippen molar-refractivity contribution in [1.29, 1.82) is 0 Å². The molecule has 1 aromatic carbocycles. The van der Waals surface area contributed by atoms with Gasteiger partial charge in [0.25, 0.3) is 0 Å². The van der Waals surface area contributed by atoms with E-state index in [9.17, 15) is 14.6 Å². The molecule has 1 aliphatic carbocycles. The minimum absolute atomic E-state index is 0.195. The molecule has 1 aliphatic rings. The summed E-state index contributed by atoms with van der Waals surface area (Å²) in [5.74, 6) is 0.0194. The van der Waals surface area contributed by atoms with E-state index >= 15 is 0 Å². The largest absolute Gasteiger partial charge is 0.487 e. The second-order valence-electron chi connectivity index (χ2n) is 6.99. The van der Waals surface area contributed by atoms with E-state index in [-0.39, 0.29) is 6.54 Å². The summed E-state index contributed by atoms with van der Waals surface area (Å²) in [5, 5.41) is 22.1. The summed E-state index contributed by atoms with van der Waals surface area (Å²) in [6.45, 7) is 5.52. The molecule has 4 atom stereocenters. The summed E-state index contributed by atoms with van der Waals surface area (Å²) in [4.78, 5) is 12.3. The molecule has 1 saturated carbocycles. The minimum atomic E-state index is -1.10. The van der Waals surface area contributed by atoms with Crippen LogP contribution >= 0.6 is 0 Å². The summed E-state index contributed by atoms with van der Waals surface area (Å²) in [5.41, 5.74) is 2.08. The fourth-order valence-corrected chi connectivity index (χ4v) is 3.80. The molecule has 146 valence electrons. The van der Waals surface area contributed by atoms with E-state index in [0.29, 0.717) is 23.4 Å². The number of hydrogen-bond acceptors (Lipinski definition) is 6. The van der Waals surface area contributed by atoms with Gasteiger partial charge in [-0.15, -0.1) is 0 Å². The quantitative estimate of drug-likeness (QED) is 0.658. The van der Waals surface area contributed by atoms with Gasteiger partial charge in [-0.2, -0.15) is 0 Å². The molecule has 0 saturated heterocycles. The number of nitrogens with zero attached hydrogens (tertiary/aromatic N) is 4. The molecule has 4 rings (SSSR count). The number of hydrogen-bond donors (Lipinski definition) is 2.